The Morgan fingerprint density at radius 1 is 1.56 bits per heavy atom. The number of aromatic nitrogens is 2. The van der Waals surface area contributed by atoms with Gasteiger partial charge in [-0.1, -0.05) is 5.16 Å². The summed E-state index contributed by atoms with van der Waals surface area (Å²) in [5, 5.41) is 6.74. The Bertz CT molecular complexity index is 454. The van der Waals surface area contributed by atoms with Crippen molar-refractivity contribution in [2.75, 3.05) is 18.6 Å². The predicted octanol–water partition coefficient (Wildman–Crippen LogP) is -0.234. The summed E-state index contributed by atoms with van der Waals surface area (Å²) in [5.74, 6) is 1.83. The van der Waals surface area contributed by atoms with Crippen molar-refractivity contribution in [3.63, 3.8) is 0 Å². The summed E-state index contributed by atoms with van der Waals surface area (Å²) in [7, 11) is -1.02. The number of rotatable bonds is 4. The molecule has 0 radical (unpaired) electrons. The first-order valence-electron chi connectivity index (χ1n) is 5.25. The highest BCUT2D eigenvalue weighted by Gasteiger charge is 2.29. The maximum Gasteiger partial charge on any atom is 0.240 e. The van der Waals surface area contributed by atoms with E-state index in [0.717, 1.165) is 0 Å². The number of hydrogen-bond donors (Lipinski definition) is 1. The van der Waals surface area contributed by atoms with Crippen LogP contribution in [0.15, 0.2) is 4.52 Å². The van der Waals surface area contributed by atoms with Gasteiger partial charge in [-0.05, 0) is 19.4 Å². The summed E-state index contributed by atoms with van der Waals surface area (Å²) in [4.78, 5) is 4.18. The summed E-state index contributed by atoms with van der Waals surface area (Å²) in [5.41, 5.74) is 0. The van der Waals surface area contributed by atoms with Crippen LogP contribution in [0.1, 0.15) is 18.1 Å². The van der Waals surface area contributed by atoms with Crippen molar-refractivity contribution in [2.45, 2.75) is 19.4 Å². The molecular formula is C9H15N3O3S. The van der Waals surface area contributed by atoms with E-state index in [-0.39, 0.29) is 11.7 Å². The third-order valence-corrected chi connectivity index (χ3v) is 4.47. The first kappa shape index (κ1) is 11.5. The van der Waals surface area contributed by atoms with Gasteiger partial charge in [0, 0.05) is 6.42 Å². The van der Waals surface area contributed by atoms with Crippen molar-refractivity contribution in [3.8, 4) is 0 Å². The van der Waals surface area contributed by atoms with Gasteiger partial charge in [0.2, 0.25) is 5.89 Å². The molecule has 1 aliphatic heterocycles. The molecule has 1 saturated heterocycles. The van der Waals surface area contributed by atoms with Gasteiger partial charge < -0.3 is 9.84 Å². The molecule has 6 nitrogen and oxygen atoms in total. The van der Waals surface area contributed by atoms with E-state index in [1.807, 2.05) is 0 Å². The number of nitrogens with one attached hydrogen (secondary N) is 1. The van der Waals surface area contributed by atoms with Crippen LogP contribution in [0.2, 0.25) is 0 Å². The first-order chi connectivity index (χ1) is 7.59. The van der Waals surface area contributed by atoms with Gasteiger partial charge in [-0.25, -0.2) is 8.42 Å². The maximum atomic E-state index is 11.3. The lowest BCUT2D eigenvalue weighted by Gasteiger charge is -2.01. The van der Waals surface area contributed by atoms with Crippen molar-refractivity contribution < 1.29 is 12.9 Å². The van der Waals surface area contributed by atoms with E-state index in [4.69, 9.17) is 4.52 Å². The van der Waals surface area contributed by atoms with E-state index in [2.05, 4.69) is 15.5 Å². The van der Waals surface area contributed by atoms with Crippen molar-refractivity contribution in [3.05, 3.63) is 11.7 Å². The van der Waals surface area contributed by atoms with E-state index >= 15 is 0 Å². The van der Waals surface area contributed by atoms with Crippen LogP contribution in [0.5, 0.6) is 0 Å². The van der Waals surface area contributed by atoms with E-state index in [0.29, 0.717) is 36.9 Å². The zero-order valence-corrected chi connectivity index (χ0v) is 9.96. The molecule has 90 valence electrons. The standard InChI is InChI=1S/C9H15N3O3S/c1-10-5-9-11-8(12-15-9)4-7-2-3-16(13,14)6-7/h7,10H,2-6H2,1H3. The van der Waals surface area contributed by atoms with Crippen LogP contribution in [-0.2, 0) is 22.8 Å². The van der Waals surface area contributed by atoms with E-state index < -0.39 is 9.84 Å². The van der Waals surface area contributed by atoms with Crippen molar-refractivity contribution >= 4 is 9.84 Å². The molecule has 2 rings (SSSR count). The second-order valence-corrected chi connectivity index (χ2v) is 6.34. The fraction of sp³-hybridized carbons (Fsp3) is 0.778. The first-order valence-corrected chi connectivity index (χ1v) is 7.07. The molecular weight excluding hydrogens is 230 g/mol. The Morgan fingerprint density at radius 2 is 2.38 bits per heavy atom. The molecule has 0 spiro atoms. The monoisotopic (exact) mass is 245 g/mol. The van der Waals surface area contributed by atoms with E-state index in [1.54, 1.807) is 7.05 Å². The smallest absolute Gasteiger partial charge is 0.240 e. The maximum absolute atomic E-state index is 11.3. The summed E-state index contributed by atoms with van der Waals surface area (Å²) in [6.07, 6.45) is 1.30. The lowest BCUT2D eigenvalue weighted by atomic mass is 10.1. The van der Waals surface area contributed by atoms with E-state index in [9.17, 15) is 8.42 Å². The summed E-state index contributed by atoms with van der Waals surface area (Å²) in [6, 6.07) is 0. The molecule has 1 atom stereocenters. The average molecular weight is 245 g/mol. The molecule has 1 N–H and O–H groups in total. The van der Waals surface area contributed by atoms with Crippen LogP contribution in [-0.4, -0.2) is 37.1 Å². The molecule has 2 heterocycles. The molecule has 0 aliphatic carbocycles. The number of hydrogen-bond acceptors (Lipinski definition) is 6. The van der Waals surface area contributed by atoms with Crippen LogP contribution < -0.4 is 5.32 Å². The zero-order valence-electron chi connectivity index (χ0n) is 9.14. The van der Waals surface area contributed by atoms with Gasteiger partial charge in [-0.2, -0.15) is 4.98 Å². The fourth-order valence-corrected chi connectivity index (χ4v) is 3.75. The molecule has 16 heavy (non-hydrogen) atoms. The topological polar surface area (TPSA) is 85.1 Å². The van der Waals surface area contributed by atoms with Crippen LogP contribution in [0, 0.1) is 5.92 Å². The van der Waals surface area contributed by atoms with Gasteiger partial charge in [-0.3, -0.25) is 0 Å². The van der Waals surface area contributed by atoms with Gasteiger partial charge in [0.25, 0.3) is 0 Å². The highest BCUT2D eigenvalue weighted by molar-refractivity contribution is 7.91. The SMILES string of the molecule is CNCc1nc(CC2CCS(=O)(=O)C2)no1. The van der Waals surface area contributed by atoms with Gasteiger partial charge in [0.1, 0.15) is 0 Å². The molecule has 7 heteroatoms. The lowest BCUT2D eigenvalue weighted by molar-refractivity contribution is 0.364. The molecule has 0 aromatic carbocycles. The Balaban J connectivity index is 1.94. The predicted molar refractivity (Wildman–Crippen MR) is 57.5 cm³/mol. The summed E-state index contributed by atoms with van der Waals surface area (Å²) in [6.45, 7) is 0.538. The summed E-state index contributed by atoms with van der Waals surface area (Å²) < 4.78 is 27.5. The summed E-state index contributed by atoms with van der Waals surface area (Å²) >= 11 is 0. The third kappa shape index (κ3) is 2.79. The van der Waals surface area contributed by atoms with Gasteiger partial charge in [0.15, 0.2) is 15.7 Å². The minimum absolute atomic E-state index is 0.144. The second kappa shape index (κ2) is 4.50. The highest BCUT2D eigenvalue weighted by Crippen LogP contribution is 2.21. The molecule has 1 aromatic rings. The van der Waals surface area contributed by atoms with Crippen LogP contribution in [0.4, 0.5) is 0 Å². The highest BCUT2D eigenvalue weighted by atomic mass is 32.2. The molecule has 0 amide bonds. The Labute approximate surface area is 94.3 Å². The Morgan fingerprint density at radius 3 is 3.00 bits per heavy atom. The Kier molecular flexibility index (Phi) is 3.25. The van der Waals surface area contributed by atoms with Gasteiger partial charge >= 0.3 is 0 Å². The van der Waals surface area contributed by atoms with Crippen molar-refractivity contribution in [1.29, 1.82) is 0 Å². The normalized spacial score (nSPS) is 23.7. The van der Waals surface area contributed by atoms with Crippen LogP contribution in [0.3, 0.4) is 0 Å². The largest absolute Gasteiger partial charge is 0.338 e. The molecule has 1 aliphatic rings. The third-order valence-electron chi connectivity index (χ3n) is 2.64. The lowest BCUT2D eigenvalue weighted by Crippen LogP contribution is -2.09. The molecule has 1 fully saturated rings. The molecule has 0 bridgehead atoms. The minimum atomic E-state index is -2.82. The Hall–Kier alpha value is -0.950. The number of sulfone groups is 1. The minimum Gasteiger partial charge on any atom is -0.338 e. The van der Waals surface area contributed by atoms with E-state index in [1.165, 1.54) is 0 Å². The van der Waals surface area contributed by atoms with Crippen LogP contribution >= 0.6 is 0 Å². The van der Waals surface area contributed by atoms with Crippen molar-refractivity contribution in [1.82, 2.24) is 15.5 Å². The molecule has 0 saturated carbocycles. The number of nitrogens with zero attached hydrogens (tertiary/aromatic N) is 2. The average Bonchev–Trinajstić information content (AvgIpc) is 2.75. The van der Waals surface area contributed by atoms with Crippen molar-refractivity contribution in [2.24, 2.45) is 5.92 Å². The zero-order chi connectivity index (χ0) is 11.6. The fourth-order valence-electron chi connectivity index (χ4n) is 1.89. The quantitative estimate of drug-likeness (QED) is 0.788. The molecule has 1 aromatic heterocycles. The van der Waals surface area contributed by atoms with Crippen LogP contribution in [0.25, 0.3) is 0 Å². The molecule has 1 unspecified atom stereocenters. The van der Waals surface area contributed by atoms with Gasteiger partial charge in [-0.15, -0.1) is 0 Å². The van der Waals surface area contributed by atoms with Gasteiger partial charge in [0.05, 0.1) is 18.1 Å². The second-order valence-electron chi connectivity index (χ2n) is 4.11.